The van der Waals surface area contributed by atoms with E-state index in [0.717, 1.165) is 30.1 Å². The van der Waals surface area contributed by atoms with Crippen LogP contribution in [0.5, 0.6) is 5.75 Å². The molecule has 0 radical (unpaired) electrons. The minimum Gasteiger partial charge on any atom is -0.493 e. The molecule has 0 spiro atoms. The zero-order valence-electron chi connectivity index (χ0n) is 17.6. The second-order valence-corrected chi connectivity index (χ2v) is 9.68. The summed E-state index contributed by atoms with van der Waals surface area (Å²) in [5, 5.41) is 10.3. The highest BCUT2D eigenvalue weighted by Gasteiger charge is 2.14. The number of ether oxygens (including phenoxy) is 1. The first-order valence-electron chi connectivity index (χ1n) is 10.2. The van der Waals surface area contributed by atoms with Crippen molar-refractivity contribution >= 4 is 74.3 Å². The summed E-state index contributed by atoms with van der Waals surface area (Å²) in [7, 11) is 0. The Kier molecular flexibility index (Phi) is 7.38. The topological polar surface area (TPSA) is 59.7 Å². The molecule has 168 valence electrons. The molecule has 0 atom stereocenters. The highest BCUT2D eigenvalue weighted by Crippen LogP contribution is 2.33. The van der Waals surface area contributed by atoms with Crippen molar-refractivity contribution in [2.24, 2.45) is 0 Å². The highest BCUT2D eigenvalue weighted by atomic mass is 127. The lowest BCUT2D eigenvalue weighted by Gasteiger charge is -2.11. The van der Waals surface area contributed by atoms with Gasteiger partial charge < -0.3 is 14.3 Å². The molecule has 33 heavy (non-hydrogen) atoms. The first-order valence-corrected chi connectivity index (χ1v) is 12.4. The number of carboxylic acids is 1. The van der Waals surface area contributed by atoms with E-state index in [4.69, 9.17) is 9.15 Å². The lowest BCUT2D eigenvalue weighted by atomic mass is 10.0. The van der Waals surface area contributed by atoms with Crippen molar-refractivity contribution in [3.05, 3.63) is 84.2 Å². The van der Waals surface area contributed by atoms with Gasteiger partial charge in [-0.15, -0.1) is 0 Å². The molecule has 0 aliphatic heterocycles. The summed E-state index contributed by atoms with van der Waals surface area (Å²) in [4.78, 5) is 11.7. The number of furan rings is 1. The molecule has 1 heterocycles. The fraction of sp³-hybridized carbons (Fsp3) is 0.115. The maximum Gasteiger partial charge on any atom is 0.336 e. The number of halogens is 3. The van der Waals surface area contributed by atoms with Crippen molar-refractivity contribution in [2.75, 3.05) is 6.61 Å². The fourth-order valence-corrected chi connectivity index (χ4v) is 4.86. The van der Waals surface area contributed by atoms with Gasteiger partial charge in [0, 0.05) is 20.1 Å². The standard InChI is InChI=1S/C26H19FI2O4/c1-2-10-32-23-5-3-4-20(26(30)31)19(23)9-8-15-6-7-16(12-21(15)28)24-13-17-11-18(27)14-22(29)25(17)33-24/h3-9,11-14H,2,10H2,1H3,(H,30,31). The van der Waals surface area contributed by atoms with Crippen LogP contribution < -0.4 is 4.74 Å². The first kappa shape index (κ1) is 23.7. The van der Waals surface area contributed by atoms with E-state index >= 15 is 0 Å². The van der Waals surface area contributed by atoms with E-state index in [0.29, 0.717) is 29.3 Å². The lowest BCUT2D eigenvalue weighted by molar-refractivity contribution is 0.0696. The van der Waals surface area contributed by atoms with Crippen LogP contribution in [0.25, 0.3) is 34.4 Å². The van der Waals surface area contributed by atoms with Gasteiger partial charge in [-0.25, -0.2) is 9.18 Å². The van der Waals surface area contributed by atoms with Gasteiger partial charge in [0.25, 0.3) is 0 Å². The van der Waals surface area contributed by atoms with Crippen LogP contribution in [0.4, 0.5) is 4.39 Å². The average Bonchev–Trinajstić information content (AvgIpc) is 3.21. The van der Waals surface area contributed by atoms with E-state index < -0.39 is 5.97 Å². The summed E-state index contributed by atoms with van der Waals surface area (Å²) in [6.07, 6.45) is 4.48. The summed E-state index contributed by atoms with van der Waals surface area (Å²) in [6, 6.07) is 15.6. The molecule has 4 aromatic rings. The van der Waals surface area contributed by atoms with Crippen molar-refractivity contribution in [3.63, 3.8) is 0 Å². The van der Waals surface area contributed by atoms with Crippen LogP contribution in [0.15, 0.2) is 59.0 Å². The summed E-state index contributed by atoms with van der Waals surface area (Å²) in [5.74, 6) is -0.0898. The molecule has 0 fully saturated rings. The van der Waals surface area contributed by atoms with Crippen LogP contribution >= 0.6 is 45.2 Å². The number of carboxylic acid groups (broad SMARTS) is 1. The molecule has 4 nitrogen and oxygen atoms in total. The Hall–Kier alpha value is -2.40. The molecule has 7 heteroatoms. The van der Waals surface area contributed by atoms with Gasteiger partial charge in [0.05, 0.1) is 15.7 Å². The minimum atomic E-state index is -1.00. The number of benzene rings is 3. The zero-order valence-corrected chi connectivity index (χ0v) is 21.9. The smallest absolute Gasteiger partial charge is 0.336 e. The lowest BCUT2D eigenvalue weighted by Crippen LogP contribution is -2.03. The predicted molar refractivity (Wildman–Crippen MR) is 145 cm³/mol. The zero-order chi connectivity index (χ0) is 23.5. The van der Waals surface area contributed by atoms with Crippen LogP contribution in [0.1, 0.15) is 34.8 Å². The number of hydrogen-bond acceptors (Lipinski definition) is 3. The highest BCUT2D eigenvalue weighted by molar-refractivity contribution is 14.1. The van der Waals surface area contributed by atoms with Crippen molar-refractivity contribution in [1.29, 1.82) is 0 Å². The van der Waals surface area contributed by atoms with Gasteiger partial charge in [0.1, 0.15) is 22.9 Å². The maximum absolute atomic E-state index is 13.7. The van der Waals surface area contributed by atoms with Crippen LogP contribution in [-0.2, 0) is 0 Å². The first-order chi connectivity index (χ1) is 15.9. The fourth-order valence-electron chi connectivity index (χ4n) is 3.45. The van der Waals surface area contributed by atoms with Gasteiger partial charge >= 0.3 is 5.97 Å². The summed E-state index contributed by atoms with van der Waals surface area (Å²) in [6.45, 7) is 2.51. The van der Waals surface area contributed by atoms with Crippen molar-refractivity contribution < 1.29 is 23.4 Å². The number of hydrogen-bond donors (Lipinski definition) is 1. The van der Waals surface area contributed by atoms with Crippen LogP contribution in [0.2, 0.25) is 0 Å². The summed E-state index contributed by atoms with van der Waals surface area (Å²) in [5.41, 5.74) is 3.19. The molecule has 1 aromatic heterocycles. The van der Waals surface area contributed by atoms with E-state index in [-0.39, 0.29) is 11.4 Å². The Morgan fingerprint density at radius 3 is 2.64 bits per heavy atom. The minimum absolute atomic E-state index is 0.190. The molecular weight excluding hydrogens is 649 g/mol. The molecule has 3 aromatic carbocycles. The molecular formula is C26H19FI2O4. The summed E-state index contributed by atoms with van der Waals surface area (Å²) >= 11 is 4.30. The SMILES string of the molecule is CCCOc1cccc(C(=O)O)c1C=Cc1ccc(-c2cc3cc(F)cc(I)c3o2)cc1I. The third kappa shape index (κ3) is 5.24. The number of aromatic carboxylic acids is 1. The molecule has 0 amide bonds. The monoisotopic (exact) mass is 668 g/mol. The maximum atomic E-state index is 13.7. The van der Waals surface area contributed by atoms with Gasteiger partial charge in [0.15, 0.2) is 0 Å². The Morgan fingerprint density at radius 1 is 1.09 bits per heavy atom. The van der Waals surface area contributed by atoms with E-state index in [2.05, 4.69) is 45.2 Å². The van der Waals surface area contributed by atoms with Gasteiger partial charge in [-0.1, -0.05) is 31.2 Å². The Bertz CT molecular complexity index is 1370. The Morgan fingerprint density at radius 2 is 1.91 bits per heavy atom. The van der Waals surface area contributed by atoms with Crippen molar-refractivity contribution in [3.8, 4) is 17.1 Å². The molecule has 0 saturated carbocycles. The quantitative estimate of drug-likeness (QED) is 0.160. The van der Waals surface area contributed by atoms with E-state index in [1.165, 1.54) is 12.1 Å². The van der Waals surface area contributed by atoms with Crippen LogP contribution in [0, 0.1) is 13.0 Å². The largest absolute Gasteiger partial charge is 0.493 e. The molecule has 1 N–H and O–H groups in total. The number of fused-ring (bicyclic) bond motifs is 1. The normalized spacial score (nSPS) is 11.4. The van der Waals surface area contributed by atoms with E-state index in [9.17, 15) is 14.3 Å². The van der Waals surface area contributed by atoms with E-state index in [1.807, 2.05) is 37.3 Å². The van der Waals surface area contributed by atoms with Crippen LogP contribution in [0.3, 0.4) is 0 Å². The molecule has 0 aliphatic carbocycles. The number of rotatable bonds is 7. The predicted octanol–water partition coefficient (Wildman–Crippen LogP) is 8.11. The Balaban J connectivity index is 1.68. The van der Waals surface area contributed by atoms with Gasteiger partial charge in [-0.05, 0) is 99.6 Å². The van der Waals surface area contributed by atoms with Crippen LogP contribution in [-0.4, -0.2) is 17.7 Å². The Labute approximate surface area is 217 Å². The van der Waals surface area contributed by atoms with Gasteiger partial charge in [-0.2, -0.15) is 0 Å². The molecule has 0 bridgehead atoms. The second kappa shape index (κ2) is 10.3. The second-order valence-electron chi connectivity index (χ2n) is 7.36. The van der Waals surface area contributed by atoms with Crippen molar-refractivity contribution in [1.82, 2.24) is 0 Å². The number of carbonyl (C=O) groups is 1. The van der Waals surface area contributed by atoms with Crippen molar-refractivity contribution in [2.45, 2.75) is 13.3 Å². The van der Waals surface area contributed by atoms with E-state index in [1.54, 1.807) is 24.3 Å². The average molecular weight is 668 g/mol. The molecule has 0 saturated heterocycles. The molecule has 4 rings (SSSR count). The van der Waals surface area contributed by atoms with Gasteiger partial charge in [0.2, 0.25) is 0 Å². The summed E-state index contributed by atoms with van der Waals surface area (Å²) < 4.78 is 27.2. The third-order valence-corrected chi connectivity index (χ3v) is 6.74. The molecule has 0 unspecified atom stereocenters. The third-order valence-electron chi connectivity index (χ3n) is 5.01. The van der Waals surface area contributed by atoms with Gasteiger partial charge in [-0.3, -0.25) is 0 Å². The molecule has 0 aliphatic rings.